The number of carbonyl (C=O) groups excluding carboxylic acids is 1. The van der Waals surface area contributed by atoms with Crippen LogP contribution in [0.5, 0.6) is 0 Å². The van der Waals surface area contributed by atoms with Crippen molar-refractivity contribution in [2.24, 2.45) is 0 Å². The van der Waals surface area contributed by atoms with E-state index in [1.807, 2.05) is 40.2 Å². The van der Waals surface area contributed by atoms with E-state index in [2.05, 4.69) is 10.3 Å². The van der Waals surface area contributed by atoms with E-state index in [1.54, 1.807) is 18.2 Å². The molecule has 4 aromatic rings. The summed E-state index contributed by atoms with van der Waals surface area (Å²) in [5.74, 6) is -0.158. The topological polar surface area (TPSA) is 46.4 Å². The fraction of sp³-hybridized carbons (Fsp3) is 0.0526. The number of aromatic nitrogens is 2. The number of nitrogens with zero attached hydrogens (tertiary/aromatic N) is 2. The summed E-state index contributed by atoms with van der Waals surface area (Å²) in [5.41, 5.74) is 3.23. The number of anilines is 1. The van der Waals surface area contributed by atoms with Crippen molar-refractivity contribution in [3.05, 3.63) is 74.8 Å². The first-order valence-corrected chi connectivity index (χ1v) is 9.96. The number of halogens is 3. The van der Waals surface area contributed by atoms with Crippen molar-refractivity contribution < 1.29 is 4.79 Å². The summed E-state index contributed by atoms with van der Waals surface area (Å²) in [4.78, 5) is 17.9. The average molecular weight is 437 g/mol. The first-order valence-electron chi connectivity index (χ1n) is 7.95. The van der Waals surface area contributed by atoms with Crippen molar-refractivity contribution in [1.82, 2.24) is 9.38 Å². The minimum Gasteiger partial charge on any atom is -0.326 e. The number of thiazole rings is 1. The summed E-state index contributed by atoms with van der Waals surface area (Å²) < 4.78 is 1.93. The molecule has 4 nitrogen and oxygen atoms in total. The zero-order valence-electron chi connectivity index (χ0n) is 13.7. The van der Waals surface area contributed by atoms with Gasteiger partial charge in [0, 0.05) is 43.6 Å². The lowest BCUT2D eigenvalue weighted by atomic mass is 10.2. The molecule has 0 saturated heterocycles. The molecule has 0 atom stereocenters. The van der Waals surface area contributed by atoms with Crippen molar-refractivity contribution in [3.63, 3.8) is 0 Å². The summed E-state index contributed by atoms with van der Waals surface area (Å²) in [6, 6.07) is 12.4. The van der Waals surface area contributed by atoms with E-state index in [9.17, 15) is 4.79 Å². The van der Waals surface area contributed by atoms with Crippen LogP contribution in [-0.4, -0.2) is 15.3 Å². The second-order valence-electron chi connectivity index (χ2n) is 5.90. The lowest BCUT2D eigenvalue weighted by Gasteiger charge is -2.06. The summed E-state index contributed by atoms with van der Waals surface area (Å²) in [6.07, 6.45) is 2.13. The lowest BCUT2D eigenvalue weighted by molar-refractivity contribution is -0.115. The Balaban J connectivity index is 1.55. The van der Waals surface area contributed by atoms with Crippen LogP contribution in [0.3, 0.4) is 0 Å². The summed E-state index contributed by atoms with van der Waals surface area (Å²) in [5, 5.41) is 6.37. The Morgan fingerprint density at radius 1 is 1.04 bits per heavy atom. The summed E-state index contributed by atoms with van der Waals surface area (Å²) in [6.45, 7) is 0. The molecule has 8 heteroatoms. The first-order chi connectivity index (χ1) is 13.0. The Morgan fingerprint density at radius 2 is 1.74 bits per heavy atom. The van der Waals surface area contributed by atoms with Crippen LogP contribution in [0.2, 0.25) is 15.1 Å². The van der Waals surface area contributed by atoms with Crippen LogP contribution in [0.1, 0.15) is 5.69 Å². The predicted molar refractivity (Wildman–Crippen MR) is 112 cm³/mol. The second-order valence-corrected chi connectivity index (χ2v) is 8.04. The number of amides is 1. The zero-order valence-corrected chi connectivity index (χ0v) is 16.8. The van der Waals surface area contributed by atoms with Crippen molar-refractivity contribution in [3.8, 4) is 11.3 Å². The molecule has 0 aliphatic rings. The molecule has 0 aliphatic heterocycles. The molecule has 136 valence electrons. The highest BCUT2D eigenvalue weighted by molar-refractivity contribution is 7.15. The molecule has 2 heterocycles. The van der Waals surface area contributed by atoms with E-state index in [1.165, 1.54) is 11.3 Å². The normalized spacial score (nSPS) is 11.1. The molecule has 0 aliphatic carbocycles. The van der Waals surface area contributed by atoms with Crippen LogP contribution >= 0.6 is 46.1 Å². The number of hydrogen-bond acceptors (Lipinski definition) is 3. The van der Waals surface area contributed by atoms with Gasteiger partial charge in [-0.05, 0) is 30.3 Å². The Morgan fingerprint density at radius 3 is 2.44 bits per heavy atom. The van der Waals surface area contributed by atoms with E-state index in [0.29, 0.717) is 20.8 Å². The second kappa shape index (κ2) is 7.52. The average Bonchev–Trinajstić information content (AvgIpc) is 3.16. The van der Waals surface area contributed by atoms with Crippen molar-refractivity contribution >= 4 is 62.7 Å². The van der Waals surface area contributed by atoms with Crippen LogP contribution in [-0.2, 0) is 11.2 Å². The summed E-state index contributed by atoms with van der Waals surface area (Å²) in [7, 11) is 0. The lowest BCUT2D eigenvalue weighted by Crippen LogP contribution is -2.15. The van der Waals surface area contributed by atoms with Crippen LogP contribution in [0.15, 0.2) is 54.0 Å². The fourth-order valence-electron chi connectivity index (χ4n) is 2.71. The van der Waals surface area contributed by atoms with Gasteiger partial charge in [0.25, 0.3) is 0 Å². The minimum atomic E-state index is -0.158. The molecular formula is C19H12Cl3N3OS. The van der Waals surface area contributed by atoms with Crippen LogP contribution in [0.4, 0.5) is 5.69 Å². The molecule has 0 saturated carbocycles. The first kappa shape index (κ1) is 18.3. The van der Waals surface area contributed by atoms with Crippen LogP contribution in [0, 0.1) is 0 Å². The molecule has 2 aromatic heterocycles. The van der Waals surface area contributed by atoms with Gasteiger partial charge in [0.05, 0.1) is 12.1 Å². The van der Waals surface area contributed by atoms with Gasteiger partial charge in [0.1, 0.15) is 0 Å². The van der Waals surface area contributed by atoms with Gasteiger partial charge in [-0.15, -0.1) is 11.3 Å². The highest BCUT2D eigenvalue weighted by Gasteiger charge is 2.13. The maximum absolute atomic E-state index is 12.4. The maximum Gasteiger partial charge on any atom is 0.230 e. The highest BCUT2D eigenvalue weighted by Crippen LogP contribution is 2.26. The van der Waals surface area contributed by atoms with Gasteiger partial charge in [0.2, 0.25) is 5.91 Å². The van der Waals surface area contributed by atoms with E-state index < -0.39 is 0 Å². The van der Waals surface area contributed by atoms with Crippen molar-refractivity contribution in [2.45, 2.75) is 6.42 Å². The third kappa shape index (κ3) is 4.12. The van der Waals surface area contributed by atoms with Gasteiger partial charge in [-0.25, -0.2) is 4.98 Å². The molecule has 0 radical (unpaired) electrons. The molecule has 0 fully saturated rings. The Kier molecular flexibility index (Phi) is 5.10. The van der Waals surface area contributed by atoms with Gasteiger partial charge in [-0.3, -0.25) is 9.20 Å². The molecule has 0 bridgehead atoms. The number of nitrogens with one attached hydrogen (secondary N) is 1. The van der Waals surface area contributed by atoms with E-state index in [0.717, 1.165) is 21.9 Å². The largest absolute Gasteiger partial charge is 0.326 e. The van der Waals surface area contributed by atoms with E-state index >= 15 is 0 Å². The SMILES string of the molecule is O=C(Cc1csc2nc(-c3ccc(Cl)cc3)cn12)Nc1cc(Cl)cc(Cl)c1. The minimum absolute atomic E-state index is 0.158. The molecule has 0 spiro atoms. The van der Waals surface area contributed by atoms with Gasteiger partial charge < -0.3 is 5.32 Å². The van der Waals surface area contributed by atoms with Crippen LogP contribution in [0.25, 0.3) is 16.2 Å². The monoisotopic (exact) mass is 435 g/mol. The molecular weight excluding hydrogens is 425 g/mol. The van der Waals surface area contributed by atoms with Gasteiger partial charge >= 0.3 is 0 Å². The fourth-order valence-corrected chi connectivity index (χ4v) is 4.24. The standard InChI is InChI=1S/C19H12Cl3N3OS/c20-12-3-1-11(2-4-12)17-9-25-16(10-27-19(25)24-17)8-18(26)23-15-6-13(21)5-14(22)7-15/h1-7,9-10H,8H2,(H,23,26). The maximum atomic E-state index is 12.4. The number of rotatable bonds is 4. The predicted octanol–water partition coefficient (Wildman–Crippen LogP) is 6.20. The number of fused-ring (bicyclic) bond motifs is 1. The molecule has 0 unspecified atom stereocenters. The molecule has 4 rings (SSSR count). The molecule has 27 heavy (non-hydrogen) atoms. The molecule has 1 N–H and O–H groups in total. The van der Waals surface area contributed by atoms with Gasteiger partial charge in [0.15, 0.2) is 4.96 Å². The van der Waals surface area contributed by atoms with Crippen molar-refractivity contribution in [2.75, 3.05) is 5.32 Å². The quantitative estimate of drug-likeness (QED) is 0.414. The third-order valence-electron chi connectivity index (χ3n) is 3.91. The smallest absolute Gasteiger partial charge is 0.230 e. The van der Waals surface area contributed by atoms with Gasteiger partial charge in [-0.1, -0.05) is 46.9 Å². The highest BCUT2D eigenvalue weighted by atomic mass is 35.5. The summed E-state index contributed by atoms with van der Waals surface area (Å²) >= 11 is 19.4. The number of benzene rings is 2. The molecule has 2 aromatic carbocycles. The Labute approximate surface area is 174 Å². The zero-order chi connectivity index (χ0) is 19.0. The van der Waals surface area contributed by atoms with Gasteiger partial charge in [-0.2, -0.15) is 0 Å². The van der Waals surface area contributed by atoms with E-state index in [4.69, 9.17) is 34.8 Å². The molecule has 1 amide bonds. The van der Waals surface area contributed by atoms with Crippen molar-refractivity contribution in [1.29, 1.82) is 0 Å². The number of hydrogen-bond donors (Lipinski definition) is 1. The Hall–Kier alpha value is -2.05. The third-order valence-corrected chi connectivity index (χ3v) is 5.49. The number of imidazole rings is 1. The Bertz CT molecular complexity index is 1110. The number of carbonyl (C=O) groups is 1. The van der Waals surface area contributed by atoms with E-state index in [-0.39, 0.29) is 12.3 Å². The van der Waals surface area contributed by atoms with Crippen LogP contribution < -0.4 is 5.32 Å².